The topological polar surface area (TPSA) is 90.2 Å². The van der Waals surface area contributed by atoms with Crippen LogP contribution in [0.25, 0.3) is 0 Å². The van der Waals surface area contributed by atoms with E-state index in [4.69, 9.17) is 9.72 Å². The van der Waals surface area contributed by atoms with Crippen molar-refractivity contribution in [3.63, 3.8) is 0 Å². The summed E-state index contributed by atoms with van der Waals surface area (Å²) in [7, 11) is 1.31. The number of pyridine rings is 1. The average molecular weight is 383 g/mol. The fourth-order valence-electron chi connectivity index (χ4n) is 3.67. The number of methoxy groups -OCH3 is 1. The van der Waals surface area contributed by atoms with E-state index in [0.717, 1.165) is 30.9 Å². The maximum Gasteiger partial charge on any atom is 0.339 e. The Morgan fingerprint density at radius 2 is 1.96 bits per heavy atom. The van der Waals surface area contributed by atoms with E-state index in [0.29, 0.717) is 30.5 Å². The van der Waals surface area contributed by atoms with E-state index in [1.807, 2.05) is 9.58 Å². The third kappa shape index (κ3) is 3.50. The molecule has 1 saturated carbocycles. The molecule has 4 rings (SSSR count). The number of fused-ring (bicyclic) bond motifs is 1. The molecule has 1 fully saturated rings. The second-order valence-corrected chi connectivity index (χ2v) is 7.92. The minimum Gasteiger partial charge on any atom is -0.465 e. The first-order valence-corrected chi connectivity index (χ1v) is 9.77. The Morgan fingerprint density at radius 1 is 1.21 bits per heavy atom. The lowest BCUT2D eigenvalue weighted by Gasteiger charge is -2.36. The molecule has 2 aliphatic rings. The normalized spacial score (nSPS) is 18.9. The molecule has 2 aromatic rings. The number of esters is 1. The fraction of sp³-hybridized carbons (Fsp3) is 0.550. The third-order valence-electron chi connectivity index (χ3n) is 5.25. The number of aromatic nitrogens is 4. The van der Waals surface area contributed by atoms with Crippen LogP contribution >= 0.6 is 0 Å². The number of ether oxygens (including phenoxy) is 1. The average Bonchev–Trinajstić information content (AvgIpc) is 3.45. The standard InChI is InChI=1S/C20H25N5O3/c1-12(2)8-16-18-22-17(13-4-5-13)23-25(18)7-6-24(16)19(26)14-9-15(11-21-10-14)20(27)28-3/h9-13,16H,4-8H2,1-3H3/t16-/m0/s1. The van der Waals surface area contributed by atoms with E-state index in [2.05, 4.69) is 23.9 Å². The SMILES string of the molecule is COC(=O)c1cncc(C(=O)N2CCn3nc(C4CC4)nc3[C@@H]2CC(C)C)c1. The number of hydrogen-bond donors (Lipinski definition) is 0. The maximum absolute atomic E-state index is 13.3. The molecule has 1 aliphatic carbocycles. The lowest BCUT2D eigenvalue weighted by Crippen LogP contribution is -2.43. The lowest BCUT2D eigenvalue weighted by atomic mass is 9.99. The van der Waals surface area contributed by atoms with Crippen molar-refractivity contribution in [3.05, 3.63) is 41.2 Å². The Morgan fingerprint density at radius 3 is 2.64 bits per heavy atom. The van der Waals surface area contributed by atoms with Gasteiger partial charge in [-0.25, -0.2) is 14.5 Å². The molecule has 2 aromatic heterocycles. The largest absolute Gasteiger partial charge is 0.465 e. The molecule has 1 amide bonds. The van der Waals surface area contributed by atoms with Crippen molar-refractivity contribution in [1.29, 1.82) is 0 Å². The van der Waals surface area contributed by atoms with Crippen LogP contribution in [0, 0.1) is 5.92 Å². The predicted octanol–water partition coefficient (Wildman–Crippen LogP) is 2.58. The minimum atomic E-state index is -0.506. The Balaban J connectivity index is 1.65. The lowest BCUT2D eigenvalue weighted by molar-refractivity contribution is 0.0578. The van der Waals surface area contributed by atoms with Gasteiger partial charge in [-0.2, -0.15) is 5.10 Å². The maximum atomic E-state index is 13.3. The van der Waals surface area contributed by atoms with E-state index in [9.17, 15) is 9.59 Å². The van der Waals surface area contributed by atoms with Crippen molar-refractivity contribution in [3.8, 4) is 0 Å². The highest BCUT2D eigenvalue weighted by molar-refractivity contribution is 5.97. The van der Waals surface area contributed by atoms with Gasteiger partial charge in [0.1, 0.15) is 5.82 Å². The van der Waals surface area contributed by atoms with Gasteiger partial charge in [0.25, 0.3) is 5.91 Å². The van der Waals surface area contributed by atoms with Crippen LogP contribution in [0.2, 0.25) is 0 Å². The van der Waals surface area contributed by atoms with Gasteiger partial charge < -0.3 is 9.64 Å². The molecule has 1 atom stereocenters. The molecule has 0 unspecified atom stereocenters. The second kappa shape index (κ2) is 7.33. The van der Waals surface area contributed by atoms with Gasteiger partial charge in [0.2, 0.25) is 0 Å². The van der Waals surface area contributed by atoms with E-state index in [-0.39, 0.29) is 17.5 Å². The second-order valence-electron chi connectivity index (χ2n) is 7.92. The highest BCUT2D eigenvalue weighted by atomic mass is 16.5. The molecule has 0 N–H and O–H groups in total. The zero-order chi connectivity index (χ0) is 19.8. The number of carbonyl (C=O) groups excluding carboxylic acids is 2. The molecular formula is C20H25N5O3. The quantitative estimate of drug-likeness (QED) is 0.737. The summed E-state index contributed by atoms with van der Waals surface area (Å²) in [4.78, 5) is 35.8. The van der Waals surface area contributed by atoms with Gasteiger partial charge in [-0.3, -0.25) is 9.78 Å². The summed E-state index contributed by atoms with van der Waals surface area (Å²) in [6, 6.07) is 1.41. The summed E-state index contributed by atoms with van der Waals surface area (Å²) in [5, 5.41) is 4.68. The summed E-state index contributed by atoms with van der Waals surface area (Å²) in [6.45, 7) is 5.46. The van der Waals surface area contributed by atoms with E-state index >= 15 is 0 Å². The van der Waals surface area contributed by atoms with Crippen molar-refractivity contribution in [1.82, 2.24) is 24.6 Å². The first kappa shape index (κ1) is 18.6. The van der Waals surface area contributed by atoms with Crippen molar-refractivity contribution >= 4 is 11.9 Å². The van der Waals surface area contributed by atoms with E-state index in [1.165, 1.54) is 19.5 Å². The van der Waals surface area contributed by atoms with Crippen LogP contribution in [0.5, 0.6) is 0 Å². The van der Waals surface area contributed by atoms with E-state index < -0.39 is 5.97 Å². The van der Waals surface area contributed by atoms with Gasteiger partial charge in [0.05, 0.1) is 30.8 Å². The number of rotatable bonds is 5. The summed E-state index contributed by atoms with van der Waals surface area (Å²) in [5.41, 5.74) is 0.650. The van der Waals surface area contributed by atoms with Crippen LogP contribution in [0.15, 0.2) is 18.5 Å². The molecular weight excluding hydrogens is 358 g/mol. The molecule has 0 saturated heterocycles. The highest BCUT2D eigenvalue weighted by Crippen LogP contribution is 2.40. The van der Waals surface area contributed by atoms with Gasteiger partial charge in [-0.15, -0.1) is 0 Å². The zero-order valence-corrected chi connectivity index (χ0v) is 16.5. The van der Waals surface area contributed by atoms with Gasteiger partial charge in [-0.1, -0.05) is 13.8 Å². The van der Waals surface area contributed by atoms with Crippen LogP contribution < -0.4 is 0 Å². The number of carbonyl (C=O) groups is 2. The Labute approximate surface area is 163 Å². The molecule has 0 aromatic carbocycles. The Hall–Kier alpha value is -2.77. The zero-order valence-electron chi connectivity index (χ0n) is 16.5. The Kier molecular flexibility index (Phi) is 4.87. The van der Waals surface area contributed by atoms with Crippen LogP contribution in [0.3, 0.4) is 0 Å². The number of hydrogen-bond acceptors (Lipinski definition) is 6. The van der Waals surface area contributed by atoms with Gasteiger partial charge in [-0.05, 0) is 31.2 Å². The summed E-state index contributed by atoms with van der Waals surface area (Å²) < 4.78 is 6.71. The molecule has 8 heteroatoms. The molecule has 0 spiro atoms. The fourth-order valence-corrected chi connectivity index (χ4v) is 3.67. The van der Waals surface area contributed by atoms with Crippen molar-refractivity contribution in [2.45, 2.75) is 51.6 Å². The van der Waals surface area contributed by atoms with Crippen molar-refractivity contribution < 1.29 is 14.3 Å². The summed E-state index contributed by atoms with van der Waals surface area (Å²) in [6.07, 6.45) is 6.00. The van der Waals surface area contributed by atoms with Gasteiger partial charge in [0.15, 0.2) is 5.82 Å². The molecule has 3 heterocycles. The molecule has 1 aliphatic heterocycles. The predicted molar refractivity (Wildman–Crippen MR) is 101 cm³/mol. The first-order chi connectivity index (χ1) is 13.5. The monoisotopic (exact) mass is 383 g/mol. The smallest absolute Gasteiger partial charge is 0.339 e. The van der Waals surface area contributed by atoms with Crippen molar-refractivity contribution in [2.75, 3.05) is 13.7 Å². The van der Waals surface area contributed by atoms with Crippen LogP contribution in [0.1, 0.15) is 77.4 Å². The summed E-state index contributed by atoms with van der Waals surface area (Å²) in [5.74, 6) is 1.99. The van der Waals surface area contributed by atoms with Crippen LogP contribution in [0.4, 0.5) is 0 Å². The van der Waals surface area contributed by atoms with E-state index in [1.54, 1.807) is 6.07 Å². The molecule has 148 valence electrons. The Bertz CT molecular complexity index is 903. The van der Waals surface area contributed by atoms with Gasteiger partial charge >= 0.3 is 5.97 Å². The molecule has 0 radical (unpaired) electrons. The molecule has 8 nitrogen and oxygen atoms in total. The molecule has 28 heavy (non-hydrogen) atoms. The highest BCUT2D eigenvalue weighted by Gasteiger charge is 2.37. The van der Waals surface area contributed by atoms with Crippen LogP contribution in [-0.2, 0) is 11.3 Å². The summed E-state index contributed by atoms with van der Waals surface area (Å²) >= 11 is 0. The van der Waals surface area contributed by atoms with Gasteiger partial charge in [0, 0.05) is 24.9 Å². The van der Waals surface area contributed by atoms with Crippen molar-refractivity contribution in [2.24, 2.45) is 5.92 Å². The first-order valence-electron chi connectivity index (χ1n) is 9.77. The molecule has 0 bridgehead atoms. The van der Waals surface area contributed by atoms with Crippen LogP contribution in [-0.4, -0.2) is 50.2 Å². The minimum absolute atomic E-state index is 0.136. The number of amides is 1. The number of nitrogens with zero attached hydrogens (tertiary/aromatic N) is 5. The third-order valence-corrected chi connectivity index (χ3v) is 5.25.